The van der Waals surface area contributed by atoms with Crippen molar-refractivity contribution in [2.24, 2.45) is 0 Å². The van der Waals surface area contributed by atoms with Crippen LogP contribution in [0.2, 0.25) is 0 Å². The van der Waals surface area contributed by atoms with Gasteiger partial charge in [0.05, 0.1) is 24.1 Å². The molecule has 5 aromatic rings. The molecule has 200 valence electrons. The third kappa shape index (κ3) is 4.29. The van der Waals surface area contributed by atoms with Crippen LogP contribution in [0.4, 0.5) is 10.1 Å². The van der Waals surface area contributed by atoms with Crippen molar-refractivity contribution in [2.75, 3.05) is 12.0 Å². The number of ether oxygens (including phenoxy) is 2. The maximum absolute atomic E-state index is 14.0. The average molecular weight is 536 g/mol. The van der Waals surface area contributed by atoms with Crippen molar-refractivity contribution in [3.63, 3.8) is 0 Å². The minimum absolute atomic E-state index is 0.0292. The standard InChI is InChI=1S/C33H26FNO5/c1-19-15-25-27(16-20(19)2)40-32-29(31(25)36)30(35(33(32)37)24-12-10-23(34)11-13-24)22-9-14-26(28(17-22)38-3)39-18-21-7-5-4-6-8-21/h4-17,30H,18H2,1-3H3. The van der Waals surface area contributed by atoms with Gasteiger partial charge in [0, 0.05) is 5.69 Å². The Morgan fingerprint density at radius 3 is 2.33 bits per heavy atom. The van der Waals surface area contributed by atoms with Gasteiger partial charge < -0.3 is 13.9 Å². The molecule has 0 saturated carbocycles. The SMILES string of the molecule is COc1cc(C2c3c(oc4cc(C)c(C)cc4c3=O)C(=O)N2c2ccc(F)cc2)ccc1OCc1ccccc1. The number of hydrogen-bond acceptors (Lipinski definition) is 5. The molecule has 6 nitrogen and oxygen atoms in total. The van der Waals surface area contributed by atoms with Crippen molar-refractivity contribution in [2.45, 2.75) is 26.5 Å². The summed E-state index contributed by atoms with van der Waals surface area (Å²) in [6.45, 7) is 4.19. The van der Waals surface area contributed by atoms with E-state index in [0.717, 1.165) is 16.7 Å². The Kier molecular flexibility index (Phi) is 6.34. The normalized spacial score (nSPS) is 14.4. The predicted octanol–water partition coefficient (Wildman–Crippen LogP) is 6.89. The zero-order chi connectivity index (χ0) is 28.0. The van der Waals surface area contributed by atoms with Gasteiger partial charge in [-0.05, 0) is 84.6 Å². The first-order valence-corrected chi connectivity index (χ1v) is 12.9. The molecule has 1 atom stereocenters. The number of hydrogen-bond donors (Lipinski definition) is 0. The van der Waals surface area contributed by atoms with E-state index in [1.807, 2.05) is 44.2 Å². The van der Waals surface area contributed by atoms with Gasteiger partial charge in [0.2, 0.25) is 5.76 Å². The van der Waals surface area contributed by atoms with Gasteiger partial charge in [-0.3, -0.25) is 14.5 Å². The van der Waals surface area contributed by atoms with Crippen LogP contribution in [-0.2, 0) is 6.61 Å². The Bertz CT molecular complexity index is 1810. The van der Waals surface area contributed by atoms with Crippen LogP contribution in [0, 0.1) is 19.7 Å². The van der Waals surface area contributed by atoms with Crippen LogP contribution in [0.25, 0.3) is 11.0 Å². The maximum Gasteiger partial charge on any atom is 0.295 e. The van der Waals surface area contributed by atoms with E-state index in [0.29, 0.717) is 40.3 Å². The van der Waals surface area contributed by atoms with Crippen molar-refractivity contribution in [3.05, 3.63) is 135 Å². The fourth-order valence-electron chi connectivity index (χ4n) is 5.12. The predicted molar refractivity (Wildman–Crippen MR) is 151 cm³/mol. The summed E-state index contributed by atoms with van der Waals surface area (Å²) in [4.78, 5) is 29.3. The lowest BCUT2D eigenvalue weighted by atomic mass is 9.97. The van der Waals surface area contributed by atoms with Crippen LogP contribution in [0.15, 0.2) is 94.1 Å². The van der Waals surface area contributed by atoms with E-state index in [4.69, 9.17) is 13.9 Å². The summed E-state index contributed by atoms with van der Waals surface area (Å²) in [6, 6.07) is 23.4. The van der Waals surface area contributed by atoms with Crippen LogP contribution in [0.3, 0.4) is 0 Å². The highest BCUT2D eigenvalue weighted by atomic mass is 19.1. The van der Waals surface area contributed by atoms with Crippen molar-refractivity contribution >= 4 is 22.6 Å². The fourth-order valence-corrected chi connectivity index (χ4v) is 5.12. The Morgan fingerprint density at radius 1 is 0.875 bits per heavy atom. The summed E-state index contributed by atoms with van der Waals surface area (Å²) >= 11 is 0. The first kappa shape index (κ1) is 25.4. The maximum atomic E-state index is 14.0. The minimum atomic E-state index is -0.827. The lowest BCUT2D eigenvalue weighted by Crippen LogP contribution is -2.29. The highest BCUT2D eigenvalue weighted by Gasteiger charge is 2.44. The van der Waals surface area contributed by atoms with Crippen LogP contribution < -0.4 is 19.8 Å². The zero-order valence-corrected chi connectivity index (χ0v) is 22.2. The molecule has 0 radical (unpaired) electrons. The van der Waals surface area contributed by atoms with Gasteiger partial charge in [-0.25, -0.2) is 4.39 Å². The van der Waals surface area contributed by atoms with Crippen molar-refractivity contribution in [3.8, 4) is 11.5 Å². The van der Waals surface area contributed by atoms with E-state index in [1.54, 1.807) is 30.3 Å². The van der Waals surface area contributed by atoms with Crippen LogP contribution >= 0.6 is 0 Å². The summed E-state index contributed by atoms with van der Waals surface area (Å²) in [7, 11) is 1.53. The summed E-state index contributed by atoms with van der Waals surface area (Å²) in [5, 5.41) is 0.399. The number of methoxy groups -OCH3 is 1. The summed E-state index contributed by atoms with van der Waals surface area (Å²) in [6.07, 6.45) is 0. The van der Waals surface area contributed by atoms with Crippen LogP contribution in [0.5, 0.6) is 11.5 Å². The average Bonchev–Trinajstić information content (AvgIpc) is 3.26. The first-order valence-electron chi connectivity index (χ1n) is 12.9. The zero-order valence-electron chi connectivity index (χ0n) is 22.2. The molecule has 0 N–H and O–H groups in total. The summed E-state index contributed by atoms with van der Waals surface area (Å²) < 4.78 is 31.6. The lowest BCUT2D eigenvalue weighted by molar-refractivity contribution is 0.0971. The van der Waals surface area contributed by atoms with Gasteiger partial charge >= 0.3 is 0 Å². The third-order valence-electron chi connectivity index (χ3n) is 7.33. The topological polar surface area (TPSA) is 69.0 Å². The Hall–Kier alpha value is -4.91. The number of carbonyl (C=O) groups excluding carboxylic acids is 1. The van der Waals surface area contributed by atoms with Gasteiger partial charge in [0.25, 0.3) is 5.91 Å². The largest absolute Gasteiger partial charge is 0.493 e. The lowest BCUT2D eigenvalue weighted by Gasteiger charge is -2.26. The Balaban J connectivity index is 1.50. The fraction of sp³-hybridized carbons (Fsp3) is 0.152. The highest BCUT2D eigenvalue weighted by Crippen LogP contribution is 2.43. The van der Waals surface area contributed by atoms with Crippen LogP contribution in [0.1, 0.15) is 44.4 Å². The second kappa shape index (κ2) is 10.0. The number of anilines is 1. The van der Waals surface area contributed by atoms with Gasteiger partial charge in [0.15, 0.2) is 16.9 Å². The Labute approximate surface area is 230 Å². The Morgan fingerprint density at radius 2 is 1.60 bits per heavy atom. The van der Waals surface area contributed by atoms with Crippen molar-refractivity contribution < 1.29 is 23.1 Å². The van der Waals surface area contributed by atoms with Crippen molar-refractivity contribution in [1.82, 2.24) is 0 Å². The molecule has 1 amide bonds. The van der Waals surface area contributed by atoms with E-state index in [-0.39, 0.29) is 16.8 Å². The highest BCUT2D eigenvalue weighted by molar-refractivity contribution is 6.10. The molecule has 0 fully saturated rings. The number of fused-ring (bicyclic) bond motifs is 2. The molecule has 1 aromatic heterocycles. The summed E-state index contributed by atoms with van der Waals surface area (Å²) in [5.74, 6) is 0.0252. The molecular formula is C33H26FNO5. The molecule has 1 unspecified atom stereocenters. The molecule has 0 saturated heterocycles. The molecule has 6 rings (SSSR count). The molecule has 4 aromatic carbocycles. The molecule has 1 aliphatic heterocycles. The number of benzene rings is 4. The van der Waals surface area contributed by atoms with Crippen molar-refractivity contribution in [1.29, 1.82) is 0 Å². The molecule has 0 bridgehead atoms. The van der Waals surface area contributed by atoms with E-state index >= 15 is 0 Å². The smallest absolute Gasteiger partial charge is 0.295 e. The van der Waals surface area contributed by atoms with E-state index in [2.05, 4.69) is 0 Å². The van der Waals surface area contributed by atoms with E-state index in [1.165, 1.54) is 36.3 Å². The van der Waals surface area contributed by atoms with Gasteiger partial charge in [0.1, 0.15) is 18.0 Å². The monoisotopic (exact) mass is 535 g/mol. The number of carbonyl (C=O) groups is 1. The minimum Gasteiger partial charge on any atom is -0.493 e. The molecule has 1 aliphatic rings. The van der Waals surface area contributed by atoms with Crippen LogP contribution in [-0.4, -0.2) is 13.0 Å². The number of amides is 1. The van der Waals surface area contributed by atoms with E-state index < -0.39 is 17.8 Å². The number of nitrogens with zero attached hydrogens (tertiary/aromatic N) is 1. The molecule has 0 aliphatic carbocycles. The van der Waals surface area contributed by atoms with Gasteiger partial charge in [-0.1, -0.05) is 36.4 Å². The molecule has 2 heterocycles. The quantitative estimate of drug-likeness (QED) is 0.237. The number of rotatable bonds is 6. The second-order valence-electron chi connectivity index (χ2n) is 9.85. The number of aryl methyl sites for hydroxylation is 2. The molecule has 0 spiro atoms. The summed E-state index contributed by atoms with van der Waals surface area (Å²) in [5.41, 5.74) is 4.23. The molecular weight excluding hydrogens is 509 g/mol. The number of halogens is 1. The van der Waals surface area contributed by atoms with Gasteiger partial charge in [-0.2, -0.15) is 0 Å². The molecule has 7 heteroatoms. The first-order chi connectivity index (χ1) is 19.4. The third-order valence-corrected chi connectivity index (χ3v) is 7.33. The second-order valence-corrected chi connectivity index (χ2v) is 9.85. The molecule has 40 heavy (non-hydrogen) atoms. The van der Waals surface area contributed by atoms with Gasteiger partial charge in [-0.15, -0.1) is 0 Å². The van der Waals surface area contributed by atoms with E-state index in [9.17, 15) is 14.0 Å².